The number of nitrogens with zero attached hydrogens (tertiary/aromatic N) is 2. The van der Waals surface area contributed by atoms with E-state index in [2.05, 4.69) is 19.9 Å². The van der Waals surface area contributed by atoms with Gasteiger partial charge in [0.15, 0.2) is 11.5 Å². The number of rotatable bonds is 2. The largest absolute Gasteiger partial charge is 0.478 e. The van der Waals surface area contributed by atoms with E-state index < -0.39 is 5.97 Å². The quantitative estimate of drug-likeness (QED) is 0.633. The molecule has 0 aliphatic carbocycles. The Morgan fingerprint density at radius 2 is 2.11 bits per heavy atom. The van der Waals surface area contributed by atoms with Crippen molar-refractivity contribution >= 4 is 17.1 Å². The summed E-state index contributed by atoms with van der Waals surface area (Å²) in [4.78, 5) is 35.8. The number of hydrogen-bond acceptors (Lipinski definition) is 4. The summed E-state index contributed by atoms with van der Waals surface area (Å²) >= 11 is 0. The summed E-state index contributed by atoms with van der Waals surface area (Å²) in [6, 6.07) is 6.14. The van der Waals surface area contributed by atoms with Crippen molar-refractivity contribution in [1.29, 1.82) is 0 Å². The minimum Gasteiger partial charge on any atom is -0.478 e. The average Bonchev–Trinajstić information content (AvgIpc) is 2.81. The van der Waals surface area contributed by atoms with Gasteiger partial charge in [0, 0.05) is 12.3 Å². The maximum atomic E-state index is 11.2. The Kier molecular flexibility index (Phi) is 2.38. The number of carbonyl (C=O) groups is 1. The van der Waals surface area contributed by atoms with E-state index in [1.54, 1.807) is 12.1 Å². The number of aromatic nitrogens is 4. The van der Waals surface area contributed by atoms with E-state index in [9.17, 15) is 9.59 Å². The van der Waals surface area contributed by atoms with E-state index >= 15 is 0 Å². The van der Waals surface area contributed by atoms with Gasteiger partial charge in [0.25, 0.3) is 0 Å². The molecular weight excluding hydrogens is 248 g/mol. The summed E-state index contributed by atoms with van der Waals surface area (Å²) in [6.45, 7) is 0. The van der Waals surface area contributed by atoms with Gasteiger partial charge < -0.3 is 15.1 Å². The number of hydrogen-bond donors (Lipinski definition) is 3. The molecular formula is C12H8N4O3. The Morgan fingerprint density at radius 1 is 1.26 bits per heavy atom. The Morgan fingerprint density at radius 3 is 2.84 bits per heavy atom. The molecule has 0 saturated carbocycles. The molecule has 7 heteroatoms. The fraction of sp³-hybridized carbons (Fsp3) is 0. The number of carboxylic acids is 1. The van der Waals surface area contributed by atoms with E-state index in [4.69, 9.17) is 5.11 Å². The van der Waals surface area contributed by atoms with E-state index in [0.717, 1.165) is 0 Å². The fourth-order valence-electron chi connectivity index (χ4n) is 1.73. The molecule has 3 N–H and O–H groups in total. The van der Waals surface area contributed by atoms with Gasteiger partial charge in [-0.1, -0.05) is 6.07 Å². The molecule has 0 aromatic carbocycles. The van der Waals surface area contributed by atoms with Crippen molar-refractivity contribution in [2.75, 3.05) is 0 Å². The summed E-state index contributed by atoms with van der Waals surface area (Å²) in [7, 11) is 0. The number of imidazole rings is 1. The zero-order valence-corrected chi connectivity index (χ0v) is 9.54. The molecule has 0 saturated heterocycles. The van der Waals surface area contributed by atoms with Crippen LogP contribution in [0.25, 0.3) is 22.7 Å². The van der Waals surface area contributed by atoms with Crippen LogP contribution in [0.4, 0.5) is 0 Å². The van der Waals surface area contributed by atoms with Crippen LogP contribution in [0.1, 0.15) is 10.4 Å². The molecule has 19 heavy (non-hydrogen) atoms. The molecule has 3 rings (SSSR count). The van der Waals surface area contributed by atoms with Crippen LogP contribution in [0.3, 0.4) is 0 Å². The highest BCUT2D eigenvalue weighted by Crippen LogP contribution is 2.17. The monoisotopic (exact) mass is 256 g/mol. The Hall–Kier alpha value is -2.96. The lowest BCUT2D eigenvalue weighted by molar-refractivity contribution is 0.0696. The first-order valence-electron chi connectivity index (χ1n) is 5.42. The number of nitrogens with one attached hydrogen (secondary N) is 2. The molecule has 0 radical (unpaired) electrons. The SMILES string of the molecule is O=C(O)c1cnc2nc(-c3cccc(=O)[nH]3)[nH]c2c1. The van der Waals surface area contributed by atoms with E-state index in [0.29, 0.717) is 22.7 Å². The molecule has 7 nitrogen and oxygen atoms in total. The highest BCUT2D eigenvalue weighted by atomic mass is 16.4. The number of H-pyrrole nitrogens is 2. The second kappa shape index (κ2) is 4.05. The summed E-state index contributed by atoms with van der Waals surface area (Å²) in [6.07, 6.45) is 1.24. The van der Waals surface area contributed by atoms with Crippen molar-refractivity contribution in [3.8, 4) is 11.5 Å². The molecule has 3 heterocycles. The van der Waals surface area contributed by atoms with E-state index in [-0.39, 0.29) is 11.1 Å². The third-order valence-electron chi connectivity index (χ3n) is 2.61. The number of fused-ring (bicyclic) bond motifs is 1. The van der Waals surface area contributed by atoms with Crippen LogP contribution in [-0.4, -0.2) is 31.0 Å². The van der Waals surface area contributed by atoms with Crippen LogP contribution < -0.4 is 5.56 Å². The minimum atomic E-state index is -1.06. The third kappa shape index (κ3) is 1.97. The third-order valence-corrected chi connectivity index (χ3v) is 2.61. The van der Waals surface area contributed by atoms with E-state index in [1.807, 2.05) is 0 Å². The number of aromatic carboxylic acids is 1. The molecule has 94 valence electrons. The molecule has 0 fully saturated rings. The maximum Gasteiger partial charge on any atom is 0.337 e. The van der Waals surface area contributed by atoms with Crippen LogP contribution in [0.2, 0.25) is 0 Å². The standard InChI is InChI=1S/C12H8N4O3/c17-9-3-1-2-7(14-9)11-15-8-4-6(12(18)19)5-13-10(8)16-11/h1-5H,(H,14,17)(H,18,19)(H,13,15,16). The molecule has 0 bridgehead atoms. The first kappa shape index (κ1) is 11.1. The predicted molar refractivity (Wildman–Crippen MR) is 66.9 cm³/mol. The molecule has 3 aromatic rings. The van der Waals surface area contributed by atoms with Crippen molar-refractivity contribution < 1.29 is 9.90 Å². The van der Waals surface area contributed by atoms with Crippen molar-refractivity contribution in [3.05, 3.63) is 46.4 Å². The Bertz CT molecular complexity index is 834. The van der Waals surface area contributed by atoms with Gasteiger partial charge in [0.1, 0.15) is 0 Å². The van der Waals surface area contributed by atoms with Crippen LogP contribution >= 0.6 is 0 Å². The minimum absolute atomic E-state index is 0.0734. The average molecular weight is 256 g/mol. The van der Waals surface area contributed by atoms with Crippen molar-refractivity contribution in [2.45, 2.75) is 0 Å². The lowest BCUT2D eigenvalue weighted by Gasteiger charge is -1.93. The van der Waals surface area contributed by atoms with Gasteiger partial charge in [-0.15, -0.1) is 0 Å². The van der Waals surface area contributed by atoms with Gasteiger partial charge in [-0.25, -0.2) is 14.8 Å². The molecule has 0 aliphatic rings. The fourth-order valence-corrected chi connectivity index (χ4v) is 1.73. The summed E-state index contributed by atoms with van der Waals surface area (Å²) in [5.41, 5.74) is 1.24. The molecule has 0 spiro atoms. The van der Waals surface area contributed by atoms with Gasteiger partial charge in [-0.05, 0) is 12.1 Å². The second-order valence-corrected chi connectivity index (χ2v) is 3.91. The normalized spacial score (nSPS) is 10.7. The Labute approximate surface area is 106 Å². The molecule has 0 unspecified atom stereocenters. The van der Waals surface area contributed by atoms with E-state index in [1.165, 1.54) is 18.3 Å². The molecule has 0 atom stereocenters. The van der Waals surface area contributed by atoms with Gasteiger partial charge in [0.2, 0.25) is 5.56 Å². The van der Waals surface area contributed by atoms with Crippen LogP contribution in [-0.2, 0) is 0 Å². The van der Waals surface area contributed by atoms with Gasteiger partial charge in [-0.3, -0.25) is 4.79 Å². The van der Waals surface area contributed by atoms with Gasteiger partial charge in [0.05, 0.1) is 16.8 Å². The first-order chi connectivity index (χ1) is 9.13. The summed E-state index contributed by atoms with van der Waals surface area (Å²) in [5.74, 6) is -0.624. The van der Waals surface area contributed by atoms with Crippen molar-refractivity contribution in [1.82, 2.24) is 19.9 Å². The molecule has 0 aliphatic heterocycles. The van der Waals surface area contributed by atoms with Gasteiger partial charge >= 0.3 is 5.97 Å². The number of aromatic amines is 2. The highest BCUT2D eigenvalue weighted by molar-refractivity contribution is 5.91. The zero-order chi connectivity index (χ0) is 13.4. The topological polar surface area (TPSA) is 112 Å². The Balaban J connectivity index is 2.16. The molecule has 3 aromatic heterocycles. The second-order valence-electron chi connectivity index (χ2n) is 3.91. The lowest BCUT2D eigenvalue weighted by atomic mass is 10.3. The summed E-state index contributed by atoms with van der Waals surface area (Å²) < 4.78 is 0. The highest BCUT2D eigenvalue weighted by Gasteiger charge is 2.10. The maximum absolute atomic E-state index is 11.2. The molecule has 0 amide bonds. The van der Waals surface area contributed by atoms with Crippen LogP contribution in [0, 0.1) is 0 Å². The van der Waals surface area contributed by atoms with Crippen LogP contribution in [0.5, 0.6) is 0 Å². The predicted octanol–water partition coefficient (Wildman–Crippen LogP) is 1.01. The van der Waals surface area contributed by atoms with Crippen molar-refractivity contribution in [3.63, 3.8) is 0 Å². The smallest absolute Gasteiger partial charge is 0.337 e. The number of pyridine rings is 2. The van der Waals surface area contributed by atoms with Gasteiger partial charge in [-0.2, -0.15) is 0 Å². The summed E-state index contributed by atoms with van der Waals surface area (Å²) in [5, 5.41) is 8.88. The number of carboxylic acid groups (broad SMARTS) is 1. The lowest BCUT2D eigenvalue weighted by Crippen LogP contribution is -2.03. The zero-order valence-electron chi connectivity index (χ0n) is 9.54. The first-order valence-corrected chi connectivity index (χ1v) is 5.42. The van der Waals surface area contributed by atoms with Crippen molar-refractivity contribution in [2.24, 2.45) is 0 Å². The van der Waals surface area contributed by atoms with Crippen LogP contribution in [0.15, 0.2) is 35.3 Å².